The number of rotatable bonds is 7. The van der Waals surface area contributed by atoms with Crippen molar-refractivity contribution in [1.29, 1.82) is 0 Å². The predicted octanol–water partition coefficient (Wildman–Crippen LogP) is 1.96. The molecular formula is C17H20N4O4S. The highest BCUT2D eigenvalue weighted by Gasteiger charge is 2.11. The number of anilines is 2. The number of thioether (sulfide) groups is 1. The van der Waals surface area contributed by atoms with E-state index in [1.807, 2.05) is 6.92 Å². The number of carbonyl (C=O) groups excluding carboxylic acids is 2. The SMILES string of the molecule is CCn1ccc(=O)nc1SCC(=O)Nc1cc(NC(C)=O)ccc1OC. The molecule has 2 aromatic rings. The molecule has 2 amide bonds. The van der Waals surface area contributed by atoms with Crippen LogP contribution in [-0.4, -0.2) is 34.2 Å². The second-order valence-corrected chi connectivity index (χ2v) is 6.21. The number of nitrogens with zero attached hydrogens (tertiary/aromatic N) is 2. The minimum Gasteiger partial charge on any atom is -0.495 e. The van der Waals surface area contributed by atoms with E-state index in [1.54, 1.807) is 29.0 Å². The van der Waals surface area contributed by atoms with Gasteiger partial charge in [0, 0.05) is 31.4 Å². The molecule has 0 aliphatic carbocycles. The van der Waals surface area contributed by atoms with Gasteiger partial charge in [0.2, 0.25) is 11.8 Å². The van der Waals surface area contributed by atoms with E-state index >= 15 is 0 Å². The van der Waals surface area contributed by atoms with Gasteiger partial charge < -0.3 is 19.9 Å². The van der Waals surface area contributed by atoms with Crippen molar-refractivity contribution in [3.05, 3.63) is 40.8 Å². The zero-order valence-electron chi connectivity index (χ0n) is 14.7. The number of aromatic nitrogens is 2. The summed E-state index contributed by atoms with van der Waals surface area (Å²) in [7, 11) is 1.49. The molecular weight excluding hydrogens is 356 g/mol. The lowest BCUT2D eigenvalue weighted by Gasteiger charge is -2.13. The van der Waals surface area contributed by atoms with E-state index in [4.69, 9.17) is 4.74 Å². The summed E-state index contributed by atoms with van der Waals surface area (Å²) >= 11 is 1.17. The maximum Gasteiger partial charge on any atom is 0.273 e. The lowest BCUT2D eigenvalue weighted by Crippen LogP contribution is -2.17. The first-order valence-electron chi connectivity index (χ1n) is 7.88. The van der Waals surface area contributed by atoms with Crippen LogP contribution in [0, 0.1) is 0 Å². The topological polar surface area (TPSA) is 102 Å². The Morgan fingerprint density at radius 3 is 2.69 bits per heavy atom. The van der Waals surface area contributed by atoms with E-state index in [9.17, 15) is 14.4 Å². The number of amides is 2. The van der Waals surface area contributed by atoms with Gasteiger partial charge in [0.05, 0.1) is 18.6 Å². The molecule has 0 aliphatic rings. The number of methoxy groups -OCH3 is 1. The molecule has 0 aliphatic heterocycles. The maximum atomic E-state index is 12.3. The predicted molar refractivity (Wildman–Crippen MR) is 101 cm³/mol. The van der Waals surface area contributed by atoms with Crippen molar-refractivity contribution < 1.29 is 14.3 Å². The van der Waals surface area contributed by atoms with Crippen molar-refractivity contribution in [2.45, 2.75) is 25.5 Å². The molecule has 26 heavy (non-hydrogen) atoms. The summed E-state index contributed by atoms with van der Waals surface area (Å²) in [5.74, 6) is 0.0507. The zero-order chi connectivity index (χ0) is 19.1. The number of hydrogen-bond donors (Lipinski definition) is 2. The fraction of sp³-hybridized carbons (Fsp3) is 0.294. The van der Waals surface area contributed by atoms with Gasteiger partial charge in [-0.05, 0) is 25.1 Å². The Labute approximate surface area is 155 Å². The van der Waals surface area contributed by atoms with Crippen LogP contribution in [-0.2, 0) is 16.1 Å². The second-order valence-electron chi connectivity index (χ2n) is 5.27. The molecule has 138 valence electrons. The smallest absolute Gasteiger partial charge is 0.273 e. The summed E-state index contributed by atoms with van der Waals surface area (Å²) < 4.78 is 7.02. The van der Waals surface area contributed by atoms with Crippen LogP contribution in [0.5, 0.6) is 5.75 Å². The van der Waals surface area contributed by atoms with E-state index in [-0.39, 0.29) is 23.1 Å². The molecule has 2 rings (SSSR count). The summed E-state index contributed by atoms with van der Waals surface area (Å²) in [6, 6.07) is 6.33. The number of carbonyl (C=O) groups is 2. The van der Waals surface area contributed by atoms with Crippen molar-refractivity contribution in [2.24, 2.45) is 0 Å². The molecule has 0 bridgehead atoms. The van der Waals surface area contributed by atoms with E-state index in [0.717, 1.165) is 0 Å². The molecule has 0 saturated heterocycles. The Morgan fingerprint density at radius 1 is 1.27 bits per heavy atom. The fourth-order valence-corrected chi connectivity index (χ4v) is 3.01. The third-order valence-corrected chi connectivity index (χ3v) is 4.31. The highest BCUT2D eigenvalue weighted by atomic mass is 32.2. The maximum absolute atomic E-state index is 12.3. The van der Waals surface area contributed by atoms with Crippen LogP contribution in [0.3, 0.4) is 0 Å². The third-order valence-electron chi connectivity index (χ3n) is 3.32. The molecule has 0 atom stereocenters. The number of nitrogens with one attached hydrogen (secondary N) is 2. The Bertz CT molecular complexity index is 866. The summed E-state index contributed by atoms with van der Waals surface area (Å²) in [4.78, 5) is 38.8. The largest absolute Gasteiger partial charge is 0.495 e. The summed E-state index contributed by atoms with van der Waals surface area (Å²) in [5.41, 5.74) is 0.645. The standard InChI is InChI=1S/C17H20N4O4S/c1-4-21-8-7-15(23)20-17(21)26-10-16(24)19-13-9-12(18-11(2)22)5-6-14(13)25-3/h5-9H,4,10H2,1-3H3,(H,18,22)(H,19,24). The Balaban J connectivity index is 2.08. The number of aryl methyl sites for hydroxylation is 1. The molecule has 0 unspecified atom stereocenters. The molecule has 8 nitrogen and oxygen atoms in total. The van der Waals surface area contributed by atoms with Gasteiger partial charge in [-0.15, -0.1) is 0 Å². The Hall–Kier alpha value is -2.81. The highest BCUT2D eigenvalue weighted by Crippen LogP contribution is 2.28. The minimum atomic E-state index is -0.345. The van der Waals surface area contributed by atoms with Gasteiger partial charge in [-0.2, -0.15) is 4.98 Å². The molecule has 0 spiro atoms. The second kappa shape index (κ2) is 9.04. The number of benzene rings is 1. The summed E-state index contributed by atoms with van der Waals surface area (Å²) in [6.07, 6.45) is 1.65. The Morgan fingerprint density at radius 2 is 2.04 bits per heavy atom. The molecule has 1 heterocycles. The molecule has 9 heteroatoms. The summed E-state index contributed by atoms with van der Waals surface area (Å²) in [5, 5.41) is 5.88. The van der Waals surface area contributed by atoms with Crippen LogP contribution in [0.15, 0.2) is 40.4 Å². The number of ether oxygens (including phenoxy) is 1. The van der Waals surface area contributed by atoms with Crippen LogP contribution in [0.4, 0.5) is 11.4 Å². The van der Waals surface area contributed by atoms with Gasteiger partial charge in [-0.1, -0.05) is 11.8 Å². The zero-order valence-corrected chi connectivity index (χ0v) is 15.6. The third kappa shape index (κ3) is 5.35. The highest BCUT2D eigenvalue weighted by molar-refractivity contribution is 7.99. The molecule has 1 aromatic heterocycles. The van der Waals surface area contributed by atoms with Crippen LogP contribution >= 0.6 is 11.8 Å². The van der Waals surface area contributed by atoms with Gasteiger partial charge in [0.25, 0.3) is 5.56 Å². The average Bonchev–Trinajstić information content (AvgIpc) is 2.60. The van der Waals surface area contributed by atoms with Crippen molar-refractivity contribution in [3.63, 3.8) is 0 Å². The molecule has 2 N–H and O–H groups in total. The Kier molecular flexibility index (Phi) is 6.79. The van der Waals surface area contributed by atoms with Gasteiger partial charge >= 0.3 is 0 Å². The van der Waals surface area contributed by atoms with Crippen molar-refractivity contribution in [1.82, 2.24) is 9.55 Å². The normalized spacial score (nSPS) is 10.3. The van der Waals surface area contributed by atoms with Gasteiger partial charge in [-0.3, -0.25) is 14.4 Å². The van der Waals surface area contributed by atoms with E-state index in [2.05, 4.69) is 15.6 Å². The van der Waals surface area contributed by atoms with Crippen molar-refractivity contribution in [3.8, 4) is 5.75 Å². The van der Waals surface area contributed by atoms with Crippen LogP contribution in [0.25, 0.3) is 0 Å². The van der Waals surface area contributed by atoms with Gasteiger partial charge in [0.15, 0.2) is 5.16 Å². The quantitative estimate of drug-likeness (QED) is 0.566. The van der Waals surface area contributed by atoms with E-state index in [1.165, 1.54) is 31.9 Å². The van der Waals surface area contributed by atoms with Gasteiger partial charge in [0.1, 0.15) is 5.75 Å². The molecule has 0 radical (unpaired) electrons. The van der Waals surface area contributed by atoms with Crippen molar-refractivity contribution >= 4 is 35.0 Å². The average molecular weight is 376 g/mol. The lowest BCUT2D eigenvalue weighted by atomic mass is 10.2. The fourth-order valence-electron chi connectivity index (χ4n) is 2.17. The van der Waals surface area contributed by atoms with Crippen LogP contribution in [0.2, 0.25) is 0 Å². The van der Waals surface area contributed by atoms with Gasteiger partial charge in [-0.25, -0.2) is 0 Å². The molecule has 1 aromatic carbocycles. The minimum absolute atomic E-state index is 0.0734. The van der Waals surface area contributed by atoms with E-state index in [0.29, 0.717) is 28.8 Å². The molecule has 0 saturated carbocycles. The van der Waals surface area contributed by atoms with Crippen molar-refractivity contribution in [2.75, 3.05) is 23.5 Å². The monoisotopic (exact) mass is 376 g/mol. The van der Waals surface area contributed by atoms with Crippen LogP contribution < -0.4 is 20.9 Å². The first kappa shape index (κ1) is 19.5. The lowest BCUT2D eigenvalue weighted by molar-refractivity contribution is -0.114. The number of hydrogen-bond acceptors (Lipinski definition) is 6. The van der Waals surface area contributed by atoms with Crippen LogP contribution in [0.1, 0.15) is 13.8 Å². The summed E-state index contributed by atoms with van der Waals surface area (Å²) in [6.45, 7) is 3.97. The first-order chi connectivity index (χ1) is 12.4. The van der Waals surface area contributed by atoms with E-state index < -0.39 is 0 Å². The molecule has 0 fully saturated rings. The first-order valence-corrected chi connectivity index (χ1v) is 8.87.